The van der Waals surface area contributed by atoms with Gasteiger partial charge in [0.05, 0.1) is 6.10 Å². The summed E-state index contributed by atoms with van der Waals surface area (Å²) in [5.74, 6) is 0.869. The minimum absolute atomic E-state index is 0.158. The van der Waals surface area contributed by atoms with E-state index in [1.807, 2.05) is 0 Å². The molecule has 98 valence electrons. The van der Waals surface area contributed by atoms with Gasteiger partial charge in [0.15, 0.2) is 0 Å². The lowest BCUT2D eigenvalue weighted by molar-refractivity contribution is -0.186. The van der Waals surface area contributed by atoms with Crippen LogP contribution in [0.2, 0.25) is 0 Å². The standard InChI is InChI=1S/C15H27NO/c1-13-5-11-6-14(2,8-13)10-15(7-11,9-13)12(17)3-4-16/h11-12,17H,3-10,16H2,1-2H3. The Morgan fingerprint density at radius 1 is 1.12 bits per heavy atom. The average molecular weight is 237 g/mol. The van der Waals surface area contributed by atoms with Crippen molar-refractivity contribution in [1.29, 1.82) is 0 Å². The second kappa shape index (κ2) is 3.48. The molecule has 3 N–H and O–H groups in total. The molecule has 2 nitrogen and oxygen atoms in total. The second-order valence-electron chi connectivity index (χ2n) is 8.09. The molecule has 4 aliphatic rings. The van der Waals surface area contributed by atoms with Gasteiger partial charge in [-0.05, 0) is 73.7 Å². The third kappa shape index (κ3) is 1.76. The van der Waals surface area contributed by atoms with Crippen LogP contribution in [0.1, 0.15) is 58.8 Å². The van der Waals surface area contributed by atoms with E-state index in [1.54, 1.807) is 0 Å². The van der Waals surface area contributed by atoms with Gasteiger partial charge in [0.1, 0.15) is 0 Å². The third-order valence-electron chi connectivity index (χ3n) is 5.82. The molecule has 0 amide bonds. The minimum Gasteiger partial charge on any atom is -0.393 e. The van der Waals surface area contributed by atoms with Crippen molar-refractivity contribution >= 4 is 0 Å². The fourth-order valence-electron chi connectivity index (χ4n) is 6.37. The highest BCUT2D eigenvalue weighted by Gasteiger charge is 2.61. The Bertz CT molecular complexity index is 309. The van der Waals surface area contributed by atoms with Crippen molar-refractivity contribution in [2.24, 2.45) is 27.9 Å². The van der Waals surface area contributed by atoms with Gasteiger partial charge in [0.25, 0.3) is 0 Å². The molecule has 0 aliphatic heterocycles. The molecule has 0 radical (unpaired) electrons. The van der Waals surface area contributed by atoms with Gasteiger partial charge >= 0.3 is 0 Å². The molecule has 3 atom stereocenters. The van der Waals surface area contributed by atoms with Gasteiger partial charge in [-0.2, -0.15) is 0 Å². The van der Waals surface area contributed by atoms with Crippen LogP contribution >= 0.6 is 0 Å². The van der Waals surface area contributed by atoms with E-state index in [-0.39, 0.29) is 11.5 Å². The summed E-state index contributed by atoms with van der Waals surface area (Å²) in [4.78, 5) is 0. The van der Waals surface area contributed by atoms with Crippen LogP contribution in [-0.4, -0.2) is 17.8 Å². The zero-order valence-electron chi connectivity index (χ0n) is 11.3. The minimum atomic E-state index is -0.158. The molecule has 4 rings (SSSR count). The highest BCUT2D eigenvalue weighted by molar-refractivity contribution is 5.12. The first-order valence-corrected chi connectivity index (χ1v) is 7.27. The number of hydrogen-bond acceptors (Lipinski definition) is 2. The number of rotatable bonds is 3. The summed E-state index contributed by atoms with van der Waals surface area (Å²) in [5, 5.41) is 10.6. The lowest BCUT2D eigenvalue weighted by Gasteiger charge is -2.66. The van der Waals surface area contributed by atoms with Crippen LogP contribution in [0.5, 0.6) is 0 Å². The maximum Gasteiger partial charge on any atom is 0.0608 e. The van der Waals surface area contributed by atoms with Crippen LogP contribution in [-0.2, 0) is 0 Å². The summed E-state index contributed by atoms with van der Waals surface area (Å²) in [6.45, 7) is 5.54. The molecule has 0 aromatic heterocycles. The summed E-state index contributed by atoms with van der Waals surface area (Å²) in [7, 11) is 0. The first-order valence-electron chi connectivity index (χ1n) is 7.27. The fraction of sp³-hybridized carbons (Fsp3) is 1.00. The van der Waals surface area contributed by atoms with E-state index < -0.39 is 0 Å². The Balaban J connectivity index is 1.92. The van der Waals surface area contributed by atoms with Crippen LogP contribution < -0.4 is 5.73 Å². The van der Waals surface area contributed by atoms with Gasteiger partial charge in [-0.1, -0.05) is 13.8 Å². The number of aliphatic hydroxyl groups is 1. The lowest BCUT2D eigenvalue weighted by atomic mass is 9.39. The van der Waals surface area contributed by atoms with Crippen molar-refractivity contribution in [3.63, 3.8) is 0 Å². The van der Waals surface area contributed by atoms with Crippen molar-refractivity contribution in [2.75, 3.05) is 6.54 Å². The molecule has 0 heterocycles. The van der Waals surface area contributed by atoms with Crippen LogP contribution in [0, 0.1) is 22.2 Å². The maximum absolute atomic E-state index is 10.6. The fourth-order valence-corrected chi connectivity index (χ4v) is 6.37. The molecule has 0 saturated heterocycles. The van der Waals surface area contributed by atoms with E-state index in [0.717, 1.165) is 12.3 Å². The molecule has 4 bridgehead atoms. The Labute approximate surface area is 105 Å². The summed E-state index contributed by atoms with van der Waals surface area (Å²) in [5.41, 5.74) is 6.87. The molecule has 4 saturated carbocycles. The van der Waals surface area contributed by atoms with Crippen LogP contribution in [0.4, 0.5) is 0 Å². The van der Waals surface area contributed by atoms with Crippen molar-refractivity contribution in [3.05, 3.63) is 0 Å². The van der Waals surface area contributed by atoms with Gasteiger partial charge in [0.2, 0.25) is 0 Å². The predicted molar refractivity (Wildman–Crippen MR) is 69.5 cm³/mol. The van der Waals surface area contributed by atoms with Gasteiger partial charge in [0, 0.05) is 0 Å². The van der Waals surface area contributed by atoms with Crippen LogP contribution in [0.3, 0.4) is 0 Å². The largest absolute Gasteiger partial charge is 0.393 e. The third-order valence-corrected chi connectivity index (χ3v) is 5.82. The molecule has 0 spiro atoms. The molecular formula is C15H27NO. The molecular weight excluding hydrogens is 210 g/mol. The summed E-state index contributed by atoms with van der Waals surface area (Å²) in [6, 6.07) is 0. The van der Waals surface area contributed by atoms with E-state index in [0.29, 0.717) is 17.4 Å². The molecule has 2 heteroatoms. The number of aliphatic hydroxyl groups excluding tert-OH is 1. The van der Waals surface area contributed by atoms with Crippen LogP contribution in [0.25, 0.3) is 0 Å². The predicted octanol–water partition coefficient (Wildman–Crippen LogP) is 2.69. The second-order valence-corrected chi connectivity index (χ2v) is 8.09. The number of nitrogens with two attached hydrogens (primary N) is 1. The number of hydrogen-bond donors (Lipinski definition) is 2. The highest BCUT2D eigenvalue weighted by Crippen LogP contribution is 2.70. The Kier molecular flexibility index (Phi) is 2.45. The van der Waals surface area contributed by atoms with E-state index in [2.05, 4.69) is 13.8 Å². The monoisotopic (exact) mass is 237 g/mol. The maximum atomic E-state index is 10.6. The topological polar surface area (TPSA) is 46.2 Å². The molecule has 0 aromatic rings. The van der Waals surface area contributed by atoms with Crippen molar-refractivity contribution in [1.82, 2.24) is 0 Å². The normalized spacial score (nSPS) is 54.0. The van der Waals surface area contributed by atoms with Gasteiger partial charge in [-0.3, -0.25) is 0 Å². The molecule has 17 heavy (non-hydrogen) atoms. The van der Waals surface area contributed by atoms with Gasteiger partial charge in [-0.15, -0.1) is 0 Å². The summed E-state index contributed by atoms with van der Waals surface area (Å²) >= 11 is 0. The summed E-state index contributed by atoms with van der Waals surface area (Å²) < 4.78 is 0. The lowest BCUT2D eigenvalue weighted by Crippen LogP contribution is -2.58. The average Bonchev–Trinajstić information content (AvgIpc) is 2.11. The Hall–Kier alpha value is -0.0800. The quantitative estimate of drug-likeness (QED) is 0.793. The smallest absolute Gasteiger partial charge is 0.0608 e. The van der Waals surface area contributed by atoms with E-state index in [1.165, 1.54) is 38.5 Å². The SMILES string of the molecule is CC12CC3CC(C)(C1)CC(C(O)CCN)(C3)C2. The van der Waals surface area contributed by atoms with Gasteiger partial charge < -0.3 is 10.8 Å². The molecule has 0 aromatic carbocycles. The van der Waals surface area contributed by atoms with Crippen molar-refractivity contribution in [3.8, 4) is 0 Å². The highest BCUT2D eigenvalue weighted by atomic mass is 16.3. The van der Waals surface area contributed by atoms with E-state index in [4.69, 9.17) is 5.73 Å². The first-order chi connectivity index (χ1) is 7.89. The summed E-state index contributed by atoms with van der Waals surface area (Å²) in [6.07, 6.45) is 8.57. The Morgan fingerprint density at radius 2 is 1.71 bits per heavy atom. The van der Waals surface area contributed by atoms with Crippen molar-refractivity contribution < 1.29 is 5.11 Å². The van der Waals surface area contributed by atoms with Gasteiger partial charge in [-0.25, -0.2) is 0 Å². The molecule has 3 unspecified atom stereocenters. The Morgan fingerprint density at radius 3 is 2.18 bits per heavy atom. The molecule has 4 aliphatic carbocycles. The van der Waals surface area contributed by atoms with E-state index >= 15 is 0 Å². The zero-order chi connectivity index (χ0) is 12.3. The van der Waals surface area contributed by atoms with Crippen molar-refractivity contribution in [2.45, 2.75) is 64.9 Å². The van der Waals surface area contributed by atoms with Crippen LogP contribution in [0.15, 0.2) is 0 Å². The van der Waals surface area contributed by atoms with E-state index in [9.17, 15) is 5.11 Å². The first kappa shape index (κ1) is 12.0. The molecule has 4 fully saturated rings. The zero-order valence-corrected chi connectivity index (χ0v) is 11.3.